The zero-order valence-corrected chi connectivity index (χ0v) is 9.31. The summed E-state index contributed by atoms with van der Waals surface area (Å²) < 4.78 is 5.05. The van der Waals surface area contributed by atoms with Crippen LogP contribution >= 0.6 is 0 Å². The molecule has 1 nitrogen and oxygen atoms in total. The summed E-state index contributed by atoms with van der Waals surface area (Å²) in [6.07, 6.45) is 4.04. The molecule has 1 aliphatic carbocycles. The van der Waals surface area contributed by atoms with Crippen LogP contribution in [0.25, 0.3) is 0 Å². The highest BCUT2D eigenvalue weighted by Crippen LogP contribution is 2.47. The molecule has 1 saturated carbocycles. The Morgan fingerprint density at radius 1 is 1.33 bits per heavy atom. The van der Waals surface area contributed by atoms with E-state index in [2.05, 4.69) is 13.8 Å². The highest BCUT2D eigenvalue weighted by Gasteiger charge is 2.36. The van der Waals surface area contributed by atoms with Crippen LogP contribution in [0.1, 0.15) is 47.0 Å². The molecular weight excluding hydrogens is 148 g/mol. The van der Waals surface area contributed by atoms with E-state index in [1.807, 2.05) is 13.8 Å². The summed E-state index contributed by atoms with van der Waals surface area (Å²) in [5, 5.41) is 0. The molecule has 12 heavy (non-hydrogen) atoms. The second-order valence-corrected chi connectivity index (χ2v) is 4.07. The molecule has 0 aromatic rings. The van der Waals surface area contributed by atoms with Gasteiger partial charge in [-0.1, -0.05) is 27.7 Å². The summed E-state index contributed by atoms with van der Waals surface area (Å²) in [5.41, 5.74) is 0.620. The average molecular weight is 172 g/mol. The number of hydrogen-bond acceptors (Lipinski definition) is 1. The van der Waals surface area contributed by atoms with Crippen LogP contribution in [-0.4, -0.2) is 13.7 Å². The minimum absolute atomic E-state index is 0.620. The fraction of sp³-hybridized carbons (Fsp3) is 1.00. The maximum absolute atomic E-state index is 5.05. The molecule has 0 unspecified atom stereocenters. The van der Waals surface area contributed by atoms with Gasteiger partial charge in [0.25, 0.3) is 0 Å². The quantitative estimate of drug-likeness (QED) is 0.633. The van der Waals surface area contributed by atoms with Crippen molar-refractivity contribution < 1.29 is 4.74 Å². The van der Waals surface area contributed by atoms with Crippen molar-refractivity contribution in [3.8, 4) is 0 Å². The largest absolute Gasteiger partial charge is 0.385 e. The Morgan fingerprint density at radius 3 is 2.17 bits per heavy atom. The molecule has 0 amide bonds. The molecule has 0 aromatic carbocycles. The fourth-order valence-corrected chi connectivity index (χ4v) is 2.18. The Labute approximate surface area is 77.5 Å². The topological polar surface area (TPSA) is 9.23 Å². The zero-order valence-electron chi connectivity index (χ0n) is 9.31. The lowest BCUT2D eigenvalue weighted by atomic mass is 9.62. The summed E-state index contributed by atoms with van der Waals surface area (Å²) in [6.45, 7) is 9.63. The lowest BCUT2D eigenvalue weighted by molar-refractivity contribution is 0.0438. The van der Waals surface area contributed by atoms with Crippen LogP contribution in [-0.2, 0) is 4.74 Å². The van der Waals surface area contributed by atoms with Gasteiger partial charge >= 0.3 is 0 Å². The number of methoxy groups -OCH3 is 1. The van der Waals surface area contributed by atoms with Crippen molar-refractivity contribution in [2.24, 2.45) is 11.3 Å². The summed E-state index contributed by atoms with van der Waals surface area (Å²) in [5.74, 6) is 0.960. The van der Waals surface area contributed by atoms with Gasteiger partial charge in [0.1, 0.15) is 0 Å². The van der Waals surface area contributed by atoms with Gasteiger partial charge < -0.3 is 4.74 Å². The maximum atomic E-state index is 5.05. The SMILES string of the molecule is CC.COCCC1(C)CC(C)C1. The lowest BCUT2D eigenvalue weighted by Crippen LogP contribution is -2.33. The van der Waals surface area contributed by atoms with Gasteiger partial charge in [-0.05, 0) is 30.6 Å². The normalized spacial score (nSPS) is 33.2. The lowest BCUT2D eigenvalue weighted by Gasteiger charge is -2.43. The summed E-state index contributed by atoms with van der Waals surface area (Å²) in [7, 11) is 1.78. The first kappa shape index (κ1) is 12.0. The first-order chi connectivity index (χ1) is 5.66. The molecule has 0 heterocycles. The van der Waals surface area contributed by atoms with Crippen molar-refractivity contribution in [3.63, 3.8) is 0 Å². The van der Waals surface area contributed by atoms with E-state index in [4.69, 9.17) is 4.74 Å². The number of hydrogen-bond donors (Lipinski definition) is 0. The van der Waals surface area contributed by atoms with Crippen molar-refractivity contribution in [1.29, 1.82) is 0 Å². The molecule has 1 heteroatoms. The van der Waals surface area contributed by atoms with Gasteiger partial charge in [0.15, 0.2) is 0 Å². The Hall–Kier alpha value is -0.0400. The van der Waals surface area contributed by atoms with Crippen molar-refractivity contribution in [2.75, 3.05) is 13.7 Å². The molecular formula is C11H24O. The van der Waals surface area contributed by atoms with Crippen LogP contribution in [0.15, 0.2) is 0 Å². The summed E-state index contributed by atoms with van der Waals surface area (Å²) >= 11 is 0. The van der Waals surface area contributed by atoms with E-state index in [-0.39, 0.29) is 0 Å². The summed E-state index contributed by atoms with van der Waals surface area (Å²) in [4.78, 5) is 0. The van der Waals surface area contributed by atoms with E-state index < -0.39 is 0 Å². The fourth-order valence-electron chi connectivity index (χ4n) is 2.18. The second-order valence-electron chi connectivity index (χ2n) is 4.07. The van der Waals surface area contributed by atoms with Crippen molar-refractivity contribution in [3.05, 3.63) is 0 Å². The Balaban J connectivity index is 0.000000561. The van der Waals surface area contributed by atoms with Gasteiger partial charge in [-0.25, -0.2) is 0 Å². The molecule has 1 rings (SSSR count). The van der Waals surface area contributed by atoms with E-state index in [9.17, 15) is 0 Å². The van der Waals surface area contributed by atoms with Crippen molar-refractivity contribution in [2.45, 2.75) is 47.0 Å². The molecule has 1 aliphatic rings. The van der Waals surface area contributed by atoms with E-state index in [1.54, 1.807) is 7.11 Å². The maximum Gasteiger partial charge on any atom is 0.0467 e. The van der Waals surface area contributed by atoms with Crippen LogP contribution < -0.4 is 0 Å². The third-order valence-corrected chi connectivity index (χ3v) is 2.59. The number of ether oxygens (including phenoxy) is 1. The van der Waals surface area contributed by atoms with Gasteiger partial charge in [0, 0.05) is 13.7 Å². The minimum atomic E-state index is 0.620. The Morgan fingerprint density at radius 2 is 1.83 bits per heavy atom. The molecule has 0 spiro atoms. The first-order valence-corrected chi connectivity index (χ1v) is 5.15. The predicted molar refractivity (Wildman–Crippen MR) is 54.3 cm³/mol. The van der Waals surface area contributed by atoms with Crippen molar-refractivity contribution >= 4 is 0 Å². The number of rotatable bonds is 3. The van der Waals surface area contributed by atoms with Gasteiger partial charge in [-0.2, -0.15) is 0 Å². The van der Waals surface area contributed by atoms with Crippen LogP contribution in [0.5, 0.6) is 0 Å². The van der Waals surface area contributed by atoms with Crippen molar-refractivity contribution in [1.82, 2.24) is 0 Å². The molecule has 1 fully saturated rings. The monoisotopic (exact) mass is 172 g/mol. The molecule has 0 saturated heterocycles. The van der Waals surface area contributed by atoms with E-state index in [1.165, 1.54) is 19.3 Å². The molecule has 0 radical (unpaired) electrons. The van der Waals surface area contributed by atoms with Gasteiger partial charge in [0.05, 0.1) is 0 Å². The van der Waals surface area contributed by atoms with Gasteiger partial charge in [-0.15, -0.1) is 0 Å². The van der Waals surface area contributed by atoms with Gasteiger partial charge in [-0.3, -0.25) is 0 Å². The second kappa shape index (κ2) is 5.58. The highest BCUT2D eigenvalue weighted by molar-refractivity contribution is 4.87. The van der Waals surface area contributed by atoms with E-state index >= 15 is 0 Å². The molecule has 0 N–H and O–H groups in total. The average Bonchev–Trinajstić information content (AvgIpc) is 2.02. The Kier molecular flexibility index (Phi) is 5.56. The molecule has 0 aliphatic heterocycles. The van der Waals surface area contributed by atoms with Crippen LogP contribution in [0.2, 0.25) is 0 Å². The van der Waals surface area contributed by atoms with Crippen LogP contribution in [0.4, 0.5) is 0 Å². The predicted octanol–water partition coefficient (Wildman–Crippen LogP) is 3.49. The molecule has 74 valence electrons. The minimum Gasteiger partial charge on any atom is -0.385 e. The molecule has 0 atom stereocenters. The van der Waals surface area contributed by atoms with E-state index in [0.29, 0.717) is 5.41 Å². The Bertz CT molecular complexity index is 104. The van der Waals surface area contributed by atoms with Crippen LogP contribution in [0.3, 0.4) is 0 Å². The smallest absolute Gasteiger partial charge is 0.0467 e. The standard InChI is InChI=1S/C9H18O.C2H6/c1-8-6-9(2,7-8)4-5-10-3;1-2/h8H,4-7H2,1-3H3;1-2H3. The third kappa shape index (κ3) is 3.57. The van der Waals surface area contributed by atoms with Gasteiger partial charge in [0.2, 0.25) is 0 Å². The molecule has 0 aromatic heterocycles. The van der Waals surface area contributed by atoms with E-state index in [0.717, 1.165) is 12.5 Å². The zero-order chi connectivity index (χ0) is 9.61. The van der Waals surface area contributed by atoms with Crippen LogP contribution in [0, 0.1) is 11.3 Å². The molecule has 0 bridgehead atoms. The summed E-state index contributed by atoms with van der Waals surface area (Å²) in [6, 6.07) is 0. The highest BCUT2D eigenvalue weighted by atomic mass is 16.5. The first-order valence-electron chi connectivity index (χ1n) is 5.15. The third-order valence-electron chi connectivity index (χ3n) is 2.59.